The third-order valence-electron chi connectivity index (χ3n) is 9.02. The Balaban J connectivity index is 1.31. The molecule has 39 heavy (non-hydrogen) atoms. The molecule has 3 aromatic rings. The third-order valence-corrected chi connectivity index (χ3v) is 9.02. The van der Waals surface area contributed by atoms with E-state index in [2.05, 4.69) is 89.4 Å². The molecule has 0 amide bonds. The van der Waals surface area contributed by atoms with Gasteiger partial charge < -0.3 is 19.9 Å². The first-order chi connectivity index (χ1) is 18.9. The summed E-state index contributed by atoms with van der Waals surface area (Å²) in [6.45, 7) is 9.27. The number of anilines is 2. The molecule has 4 heterocycles. The molecule has 1 aromatic heterocycles. The van der Waals surface area contributed by atoms with Crippen LogP contribution in [0.3, 0.4) is 0 Å². The molecule has 0 aliphatic carbocycles. The highest BCUT2D eigenvalue weighted by Crippen LogP contribution is 2.35. The smallest absolute Gasteiger partial charge is 0.318 e. The minimum absolute atomic E-state index is 0.142. The molecule has 3 aliphatic rings. The quantitative estimate of drug-likeness (QED) is 0.515. The molecule has 6 rings (SSSR count). The summed E-state index contributed by atoms with van der Waals surface area (Å²) in [5.41, 5.74) is 3.69. The number of nitrogens with zero attached hydrogens (tertiary/aromatic N) is 6. The molecule has 2 atom stereocenters. The number of piperazine rings is 1. The molecule has 2 saturated heterocycles. The van der Waals surface area contributed by atoms with Crippen LogP contribution >= 0.6 is 0 Å². The number of aromatic nitrogens is 2. The van der Waals surface area contributed by atoms with Crippen molar-refractivity contribution in [3.63, 3.8) is 0 Å². The second-order valence-corrected chi connectivity index (χ2v) is 11.8. The fraction of sp³-hybridized carbons (Fsp3) is 0.516. The van der Waals surface area contributed by atoms with Gasteiger partial charge in [0.25, 0.3) is 0 Å². The zero-order valence-electron chi connectivity index (χ0n) is 23.4. The summed E-state index contributed by atoms with van der Waals surface area (Å²) in [6, 6.07) is 18.4. The van der Waals surface area contributed by atoms with Crippen molar-refractivity contribution < 1.29 is 4.74 Å². The number of nitriles is 1. The van der Waals surface area contributed by atoms with E-state index in [1.165, 1.54) is 22.0 Å². The van der Waals surface area contributed by atoms with Crippen molar-refractivity contribution in [3.8, 4) is 12.1 Å². The third kappa shape index (κ3) is 5.13. The van der Waals surface area contributed by atoms with Crippen molar-refractivity contribution >= 4 is 22.3 Å². The van der Waals surface area contributed by atoms with Gasteiger partial charge in [0.05, 0.1) is 24.7 Å². The summed E-state index contributed by atoms with van der Waals surface area (Å²) in [5, 5.41) is 15.3. The summed E-state index contributed by atoms with van der Waals surface area (Å²) in [6.07, 6.45) is 3.64. The predicted octanol–water partition coefficient (Wildman–Crippen LogP) is 4.14. The first-order valence-electron chi connectivity index (χ1n) is 14.3. The van der Waals surface area contributed by atoms with Gasteiger partial charge in [-0.15, -0.1) is 0 Å². The number of fused-ring (bicyclic) bond motifs is 2. The number of ether oxygens (including phenoxy) is 1. The Hall–Kier alpha value is -3.41. The molecule has 1 N–H and O–H groups in total. The van der Waals surface area contributed by atoms with Gasteiger partial charge in [-0.3, -0.25) is 4.90 Å². The lowest BCUT2D eigenvalue weighted by atomic mass is 10.0. The minimum atomic E-state index is 0.142. The molecule has 0 saturated carbocycles. The van der Waals surface area contributed by atoms with E-state index in [1.807, 2.05) is 0 Å². The van der Waals surface area contributed by atoms with Crippen LogP contribution in [0.2, 0.25) is 0 Å². The van der Waals surface area contributed by atoms with Crippen molar-refractivity contribution in [2.75, 3.05) is 49.6 Å². The summed E-state index contributed by atoms with van der Waals surface area (Å²) >= 11 is 0. The van der Waals surface area contributed by atoms with E-state index in [4.69, 9.17) is 14.7 Å². The van der Waals surface area contributed by atoms with Gasteiger partial charge in [0.1, 0.15) is 12.4 Å². The molecule has 1 unspecified atom stereocenters. The highest BCUT2D eigenvalue weighted by Gasteiger charge is 2.37. The summed E-state index contributed by atoms with van der Waals surface area (Å²) < 4.78 is 6.36. The van der Waals surface area contributed by atoms with Crippen LogP contribution in [0.1, 0.15) is 44.4 Å². The van der Waals surface area contributed by atoms with E-state index < -0.39 is 0 Å². The van der Waals surface area contributed by atoms with E-state index >= 15 is 0 Å². The molecule has 2 fully saturated rings. The Labute approximate surface area is 231 Å². The average molecular weight is 526 g/mol. The molecular formula is C31H39N7O. The van der Waals surface area contributed by atoms with E-state index in [9.17, 15) is 5.26 Å². The van der Waals surface area contributed by atoms with E-state index in [0.29, 0.717) is 25.1 Å². The largest absolute Gasteiger partial charge is 0.462 e. The zero-order valence-corrected chi connectivity index (χ0v) is 23.4. The summed E-state index contributed by atoms with van der Waals surface area (Å²) in [4.78, 5) is 17.2. The van der Waals surface area contributed by atoms with Gasteiger partial charge in [-0.2, -0.15) is 15.2 Å². The monoisotopic (exact) mass is 525 g/mol. The van der Waals surface area contributed by atoms with Crippen molar-refractivity contribution in [3.05, 3.63) is 53.7 Å². The van der Waals surface area contributed by atoms with Gasteiger partial charge in [-0.25, -0.2) is 0 Å². The predicted molar refractivity (Wildman–Crippen MR) is 155 cm³/mol. The lowest BCUT2D eigenvalue weighted by Gasteiger charge is -2.37. The van der Waals surface area contributed by atoms with Crippen LogP contribution in [-0.2, 0) is 13.0 Å². The highest BCUT2D eigenvalue weighted by atomic mass is 16.5. The van der Waals surface area contributed by atoms with Crippen LogP contribution in [0.15, 0.2) is 42.5 Å². The van der Waals surface area contributed by atoms with E-state index in [0.717, 1.165) is 63.5 Å². The van der Waals surface area contributed by atoms with Gasteiger partial charge in [0.15, 0.2) is 0 Å². The first kappa shape index (κ1) is 25.8. The van der Waals surface area contributed by atoms with Crippen LogP contribution in [0, 0.1) is 11.3 Å². The van der Waals surface area contributed by atoms with Gasteiger partial charge in [-0.05, 0) is 51.6 Å². The molecular weight excluding hydrogens is 486 g/mol. The Kier molecular flexibility index (Phi) is 7.05. The van der Waals surface area contributed by atoms with Crippen LogP contribution in [0.4, 0.5) is 11.5 Å². The molecule has 204 valence electrons. The lowest BCUT2D eigenvalue weighted by Crippen LogP contribution is -2.51. The molecule has 2 aromatic carbocycles. The minimum Gasteiger partial charge on any atom is -0.462 e. The number of likely N-dealkylation sites (N-methyl/N-ethyl adjacent to an activating group) is 1. The van der Waals surface area contributed by atoms with Gasteiger partial charge >= 0.3 is 6.01 Å². The maximum absolute atomic E-state index is 9.29. The number of hydrogen-bond acceptors (Lipinski definition) is 8. The van der Waals surface area contributed by atoms with Crippen molar-refractivity contribution in [2.45, 2.75) is 63.7 Å². The topological polar surface area (TPSA) is 80.5 Å². The van der Waals surface area contributed by atoms with E-state index in [1.54, 1.807) is 0 Å². The number of nitrogens with one attached hydrogen (secondary N) is 1. The Morgan fingerprint density at radius 3 is 2.77 bits per heavy atom. The molecule has 0 spiro atoms. The standard InChI is InChI=1S/C31H39N7O/c1-31(2)14-11-24(36(31)3)21-39-30-34-27-20-37(28-10-6-8-22-7-4-5-9-25(22)28)17-13-26(27)29(35-30)38-18-16-33-23(19-38)12-15-32/h4-10,23-24,33H,11-14,16-21H2,1-3H3/t23?,24-/m0/s1. The average Bonchev–Trinajstić information content (AvgIpc) is 3.22. The van der Waals surface area contributed by atoms with Crippen LogP contribution < -0.4 is 19.9 Å². The van der Waals surface area contributed by atoms with E-state index in [-0.39, 0.29) is 11.6 Å². The van der Waals surface area contributed by atoms with Crippen LogP contribution in [-0.4, -0.2) is 72.3 Å². The van der Waals surface area contributed by atoms with Gasteiger partial charge in [0.2, 0.25) is 0 Å². The second-order valence-electron chi connectivity index (χ2n) is 11.8. The SMILES string of the molecule is CN1[C@H](COc2nc3c(c(N4CCNC(CC#N)C4)n2)CCN(c2cccc4ccccc24)C3)CCC1(C)C. The first-order valence-corrected chi connectivity index (χ1v) is 14.3. The second kappa shape index (κ2) is 10.6. The van der Waals surface area contributed by atoms with Gasteiger partial charge in [-0.1, -0.05) is 36.4 Å². The fourth-order valence-corrected chi connectivity index (χ4v) is 6.42. The van der Waals surface area contributed by atoms with Crippen molar-refractivity contribution in [2.24, 2.45) is 0 Å². The molecule has 8 heteroatoms. The number of hydrogen-bond donors (Lipinski definition) is 1. The molecule has 3 aliphatic heterocycles. The zero-order chi connectivity index (χ0) is 27.0. The number of rotatable bonds is 6. The summed E-state index contributed by atoms with van der Waals surface area (Å²) in [5.74, 6) is 0.983. The molecule has 8 nitrogen and oxygen atoms in total. The summed E-state index contributed by atoms with van der Waals surface area (Å²) in [7, 11) is 2.19. The Morgan fingerprint density at radius 2 is 1.95 bits per heavy atom. The van der Waals surface area contributed by atoms with Crippen molar-refractivity contribution in [1.82, 2.24) is 20.2 Å². The number of likely N-dealkylation sites (tertiary alicyclic amines) is 1. The van der Waals surface area contributed by atoms with Crippen molar-refractivity contribution in [1.29, 1.82) is 5.26 Å². The van der Waals surface area contributed by atoms with Gasteiger partial charge in [0, 0.05) is 60.4 Å². The van der Waals surface area contributed by atoms with Crippen LogP contribution in [0.25, 0.3) is 10.8 Å². The molecule has 0 bridgehead atoms. The maximum atomic E-state index is 9.29. The molecule has 0 radical (unpaired) electrons. The maximum Gasteiger partial charge on any atom is 0.318 e. The normalized spacial score (nSPS) is 23.0. The Bertz CT molecular complexity index is 1380. The van der Waals surface area contributed by atoms with Crippen LogP contribution in [0.5, 0.6) is 6.01 Å². The fourth-order valence-electron chi connectivity index (χ4n) is 6.42. The lowest BCUT2D eigenvalue weighted by molar-refractivity contribution is 0.123. The Morgan fingerprint density at radius 1 is 1.10 bits per heavy atom. The highest BCUT2D eigenvalue weighted by molar-refractivity contribution is 5.94. The number of benzene rings is 2.